The van der Waals surface area contributed by atoms with Crippen LogP contribution in [0.25, 0.3) is 21.3 Å². The lowest BCUT2D eigenvalue weighted by Crippen LogP contribution is -2.08. The van der Waals surface area contributed by atoms with Crippen molar-refractivity contribution in [2.75, 3.05) is 18.5 Å². The third kappa shape index (κ3) is 4.49. The van der Waals surface area contributed by atoms with Gasteiger partial charge in [-0.3, -0.25) is 0 Å². The van der Waals surface area contributed by atoms with Crippen LogP contribution in [-0.4, -0.2) is 34.2 Å². The highest BCUT2D eigenvalue weighted by Crippen LogP contribution is 2.36. The molecule has 0 bridgehead atoms. The van der Waals surface area contributed by atoms with Crippen molar-refractivity contribution in [1.29, 1.82) is 0 Å². The molecule has 0 unspecified atom stereocenters. The zero-order chi connectivity index (χ0) is 21.8. The molecule has 2 N–H and O–H groups in total. The molecule has 0 aliphatic rings. The van der Waals surface area contributed by atoms with Gasteiger partial charge in [-0.1, -0.05) is 36.4 Å². The Balaban J connectivity index is 1.48. The zero-order valence-electron chi connectivity index (χ0n) is 16.8. The molecule has 4 rings (SSSR count). The van der Waals surface area contributed by atoms with Crippen LogP contribution < -0.4 is 10.1 Å². The first-order valence-corrected chi connectivity index (χ1v) is 10.6. The fourth-order valence-corrected chi connectivity index (χ4v) is 4.21. The molecule has 0 amide bonds. The molecule has 8 heteroatoms. The third-order valence-corrected chi connectivity index (χ3v) is 5.88. The van der Waals surface area contributed by atoms with Gasteiger partial charge >= 0.3 is 5.97 Å². The molecule has 6 nitrogen and oxygen atoms in total. The summed E-state index contributed by atoms with van der Waals surface area (Å²) in [6, 6.07) is 14.5. The minimum absolute atomic E-state index is 0.136. The van der Waals surface area contributed by atoms with E-state index in [4.69, 9.17) is 4.74 Å². The Morgan fingerprint density at radius 1 is 1.19 bits per heavy atom. The van der Waals surface area contributed by atoms with Crippen LogP contribution in [0.1, 0.15) is 22.2 Å². The summed E-state index contributed by atoms with van der Waals surface area (Å²) < 4.78 is 20.2. The molecule has 2 aromatic heterocycles. The monoisotopic (exact) mass is 437 g/mol. The van der Waals surface area contributed by atoms with Crippen LogP contribution in [0.3, 0.4) is 0 Å². The van der Waals surface area contributed by atoms with Crippen LogP contribution in [0, 0.1) is 5.82 Å². The Kier molecular flexibility index (Phi) is 6.08. The quantitative estimate of drug-likeness (QED) is 0.392. The molecule has 2 aromatic carbocycles. The summed E-state index contributed by atoms with van der Waals surface area (Å²) in [6.07, 6.45) is 1.90. The predicted octanol–water partition coefficient (Wildman–Crippen LogP) is 5.25. The Bertz CT molecular complexity index is 1240. The molecule has 0 radical (unpaired) electrons. The largest absolute Gasteiger partial charge is 0.492 e. The van der Waals surface area contributed by atoms with Gasteiger partial charge in [0.25, 0.3) is 0 Å². The molecule has 0 saturated heterocycles. The van der Waals surface area contributed by atoms with E-state index in [1.54, 1.807) is 31.2 Å². The van der Waals surface area contributed by atoms with Crippen LogP contribution in [0.2, 0.25) is 0 Å². The van der Waals surface area contributed by atoms with Gasteiger partial charge in [-0.05, 0) is 24.3 Å². The van der Waals surface area contributed by atoms with Gasteiger partial charge in [0.15, 0.2) is 4.88 Å². The van der Waals surface area contributed by atoms with Crippen molar-refractivity contribution in [1.82, 2.24) is 9.97 Å². The van der Waals surface area contributed by atoms with E-state index in [0.717, 1.165) is 16.7 Å². The Hall–Kier alpha value is -3.52. The number of rotatable bonds is 8. The number of thiophene rings is 1. The minimum atomic E-state index is -1.04. The van der Waals surface area contributed by atoms with E-state index in [1.165, 1.54) is 6.33 Å². The number of nitrogens with zero attached hydrogens (tertiary/aromatic N) is 2. The molecular weight excluding hydrogens is 417 g/mol. The van der Waals surface area contributed by atoms with Gasteiger partial charge < -0.3 is 15.2 Å². The van der Waals surface area contributed by atoms with Crippen molar-refractivity contribution in [3.63, 3.8) is 0 Å². The number of ether oxygens (including phenoxy) is 1. The highest BCUT2D eigenvalue weighted by atomic mass is 32.1. The van der Waals surface area contributed by atoms with E-state index in [1.807, 2.05) is 24.3 Å². The molecular formula is C23H20FN3O3S. The number of carbonyl (C=O) groups is 1. The van der Waals surface area contributed by atoms with E-state index < -0.39 is 5.97 Å². The molecule has 0 spiro atoms. The summed E-state index contributed by atoms with van der Waals surface area (Å²) in [7, 11) is 0. The van der Waals surface area contributed by atoms with Crippen molar-refractivity contribution in [2.24, 2.45) is 0 Å². The highest BCUT2D eigenvalue weighted by molar-refractivity contribution is 7.17. The second kappa shape index (κ2) is 9.09. The van der Waals surface area contributed by atoms with Crippen LogP contribution >= 0.6 is 11.3 Å². The first kappa shape index (κ1) is 20.7. The van der Waals surface area contributed by atoms with E-state index in [0.29, 0.717) is 52.7 Å². The van der Waals surface area contributed by atoms with Crippen molar-refractivity contribution in [2.45, 2.75) is 13.3 Å². The second-order valence-electron chi connectivity index (χ2n) is 6.77. The normalized spacial score (nSPS) is 10.9. The maximum absolute atomic E-state index is 14.7. The fourth-order valence-electron chi connectivity index (χ4n) is 3.30. The van der Waals surface area contributed by atoms with Crippen molar-refractivity contribution < 1.29 is 19.0 Å². The number of fused-ring (bicyclic) bond motifs is 1. The van der Waals surface area contributed by atoms with Gasteiger partial charge in [0.2, 0.25) is 0 Å². The number of carboxylic acids is 1. The number of hydrogen-bond acceptors (Lipinski definition) is 6. The number of anilines is 1. The standard InChI is InChI=1S/C23H20FN3O3S/c1-2-30-18-12-19(31-22(18)23(28)29)17-11-20(27-13-26-17)25-10-9-15-8-7-14-5-3-4-6-16(14)21(15)24/h3-8,11-13H,2,9-10H2,1H3,(H,28,29)(H,25,26,27). The lowest BCUT2D eigenvalue weighted by Gasteiger charge is -2.09. The second-order valence-corrected chi connectivity index (χ2v) is 7.82. The van der Waals surface area contributed by atoms with Gasteiger partial charge in [0, 0.05) is 24.1 Å². The summed E-state index contributed by atoms with van der Waals surface area (Å²) in [4.78, 5) is 20.7. The molecule has 0 atom stereocenters. The molecule has 0 aliphatic heterocycles. The number of aromatic carboxylic acids is 1. The molecule has 0 saturated carbocycles. The van der Waals surface area contributed by atoms with Crippen molar-refractivity contribution >= 4 is 33.9 Å². The topological polar surface area (TPSA) is 84.3 Å². The number of hydrogen-bond donors (Lipinski definition) is 2. The van der Waals surface area contributed by atoms with Crippen LogP contribution in [-0.2, 0) is 6.42 Å². The number of aromatic nitrogens is 2. The van der Waals surface area contributed by atoms with Gasteiger partial charge in [0.05, 0.1) is 17.2 Å². The van der Waals surface area contributed by atoms with Gasteiger partial charge in [-0.2, -0.15) is 0 Å². The van der Waals surface area contributed by atoms with Crippen molar-refractivity contribution in [3.05, 3.63) is 71.1 Å². The molecule has 0 aliphatic carbocycles. The summed E-state index contributed by atoms with van der Waals surface area (Å²) in [5.74, 6) is -0.333. The first-order valence-electron chi connectivity index (χ1n) is 9.79. The average molecular weight is 437 g/mol. The highest BCUT2D eigenvalue weighted by Gasteiger charge is 2.18. The van der Waals surface area contributed by atoms with Gasteiger partial charge in [-0.25, -0.2) is 19.2 Å². The minimum Gasteiger partial charge on any atom is -0.492 e. The van der Waals surface area contributed by atoms with E-state index in [-0.39, 0.29) is 10.7 Å². The summed E-state index contributed by atoms with van der Waals surface area (Å²) >= 11 is 1.10. The Morgan fingerprint density at radius 3 is 2.84 bits per heavy atom. The Morgan fingerprint density at radius 2 is 2.03 bits per heavy atom. The lowest BCUT2D eigenvalue weighted by atomic mass is 10.0. The maximum atomic E-state index is 14.7. The van der Waals surface area contributed by atoms with Crippen LogP contribution in [0.5, 0.6) is 5.75 Å². The number of carboxylic acid groups (broad SMARTS) is 1. The lowest BCUT2D eigenvalue weighted by molar-refractivity contribution is 0.0698. The summed E-state index contributed by atoms with van der Waals surface area (Å²) in [5, 5.41) is 14.0. The van der Waals surface area contributed by atoms with E-state index >= 15 is 0 Å². The molecule has 2 heterocycles. The SMILES string of the molecule is CCOc1cc(-c2cc(NCCc3ccc4ccccc4c3F)ncn2)sc1C(=O)O. The molecule has 4 aromatic rings. The first-order chi connectivity index (χ1) is 15.1. The summed E-state index contributed by atoms with van der Waals surface area (Å²) in [6.45, 7) is 2.66. The number of halogens is 1. The van der Waals surface area contributed by atoms with Crippen molar-refractivity contribution in [3.8, 4) is 16.3 Å². The number of nitrogens with one attached hydrogen (secondary N) is 1. The predicted molar refractivity (Wildman–Crippen MR) is 120 cm³/mol. The van der Waals surface area contributed by atoms with Gasteiger partial charge in [0.1, 0.15) is 23.7 Å². The third-order valence-electron chi connectivity index (χ3n) is 4.76. The number of benzene rings is 2. The van der Waals surface area contributed by atoms with E-state index in [9.17, 15) is 14.3 Å². The zero-order valence-corrected chi connectivity index (χ0v) is 17.6. The fraction of sp³-hybridized carbons (Fsp3) is 0.174. The average Bonchev–Trinajstić information content (AvgIpc) is 3.20. The van der Waals surface area contributed by atoms with E-state index in [2.05, 4.69) is 15.3 Å². The smallest absolute Gasteiger partial charge is 0.349 e. The molecule has 31 heavy (non-hydrogen) atoms. The van der Waals surface area contributed by atoms with Crippen LogP contribution in [0.4, 0.5) is 10.2 Å². The molecule has 158 valence electrons. The van der Waals surface area contributed by atoms with Gasteiger partial charge in [-0.15, -0.1) is 11.3 Å². The maximum Gasteiger partial charge on any atom is 0.349 e. The van der Waals surface area contributed by atoms with Crippen LogP contribution in [0.15, 0.2) is 54.9 Å². The summed E-state index contributed by atoms with van der Waals surface area (Å²) in [5.41, 5.74) is 1.22. The Labute approximate surface area is 182 Å². The molecule has 0 fully saturated rings.